The first-order chi connectivity index (χ1) is 11.4. The van der Waals surface area contributed by atoms with Crippen LogP contribution >= 0.6 is 0 Å². The van der Waals surface area contributed by atoms with Gasteiger partial charge in [-0.15, -0.1) is 3.89 Å². The molecular formula is C18H15FO4S. The average molecular weight is 346 g/mol. The van der Waals surface area contributed by atoms with E-state index in [0.29, 0.717) is 0 Å². The standard InChI is InChI=1S/C18H15O.FHO3S/c1-19-17-11-13-6-4-8-14(13)16-10-9-12-5-2-3-7-15(12)18(16)17;1-5(2,3)4/h2-3,5,7-11H,4,6H2,1H3;(H,2,3,4)/q+1;/p-1. The molecule has 0 spiro atoms. The highest BCUT2D eigenvalue weighted by Crippen LogP contribution is 2.41. The van der Waals surface area contributed by atoms with E-state index in [2.05, 4.69) is 48.6 Å². The molecule has 124 valence electrons. The number of hydrogen-bond acceptors (Lipinski definition) is 3. The third kappa shape index (κ3) is 3.29. The molecule has 2 aromatic carbocycles. The molecule has 2 aliphatic rings. The zero-order chi connectivity index (χ0) is 17.3. The molecule has 0 aromatic heterocycles. The topological polar surface area (TPSA) is 68.5 Å². The minimum atomic E-state index is -5.42. The van der Waals surface area contributed by atoms with Gasteiger partial charge in [-0.25, -0.2) is 8.42 Å². The maximum Gasteiger partial charge on any atom is 0.351 e. The molecule has 2 aromatic rings. The van der Waals surface area contributed by atoms with E-state index in [9.17, 15) is 3.89 Å². The van der Waals surface area contributed by atoms with Gasteiger partial charge in [-0.2, -0.15) is 0 Å². The SMILES string of the molecule is C[O+]=C1C=C2CCC=C2c2ccc3ccccc3c21.O=S(=O)([O-])F. The molecule has 0 heterocycles. The lowest BCUT2D eigenvalue weighted by Crippen LogP contribution is -2.09. The summed E-state index contributed by atoms with van der Waals surface area (Å²) in [4.78, 5) is 0. The van der Waals surface area contributed by atoms with Gasteiger partial charge in [0, 0.05) is 6.08 Å². The third-order valence-corrected chi connectivity index (χ3v) is 4.10. The Kier molecular flexibility index (Phi) is 4.34. The Balaban J connectivity index is 0.000000300. The van der Waals surface area contributed by atoms with Crippen molar-refractivity contribution in [3.8, 4) is 0 Å². The molecule has 24 heavy (non-hydrogen) atoms. The Morgan fingerprint density at radius 2 is 1.88 bits per heavy atom. The normalized spacial score (nSPS) is 17.5. The van der Waals surface area contributed by atoms with Gasteiger partial charge in [0.15, 0.2) is 0 Å². The van der Waals surface area contributed by atoms with Crippen LogP contribution in [-0.2, 0) is 10.5 Å². The van der Waals surface area contributed by atoms with Crippen molar-refractivity contribution in [2.45, 2.75) is 12.8 Å². The van der Waals surface area contributed by atoms with Crippen molar-refractivity contribution in [3.63, 3.8) is 0 Å². The average Bonchev–Trinajstić information content (AvgIpc) is 3.00. The minimum absolute atomic E-state index is 1.00. The molecule has 2 aliphatic carbocycles. The van der Waals surface area contributed by atoms with Gasteiger partial charge in [0.05, 0.1) is 5.56 Å². The van der Waals surface area contributed by atoms with Gasteiger partial charge in [-0.3, -0.25) is 4.42 Å². The summed E-state index contributed by atoms with van der Waals surface area (Å²) in [6.45, 7) is 0. The van der Waals surface area contributed by atoms with Gasteiger partial charge in [-0.1, -0.05) is 42.5 Å². The molecule has 6 heteroatoms. The summed E-state index contributed by atoms with van der Waals surface area (Å²) >= 11 is 0. The largest absolute Gasteiger partial charge is 0.722 e. The summed E-state index contributed by atoms with van der Waals surface area (Å²) in [7, 11) is -3.65. The molecule has 0 N–H and O–H groups in total. The quantitative estimate of drug-likeness (QED) is 0.415. The second-order valence-corrected chi connectivity index (χ2v) is 6.28. The van der Waals surface area contributed by atoms with Gasteiger partial charge >= 0.3 is 5.78 Å². The number of hydrogen-bond donors (Lipinski definition) is 0. The molecule has 0 atom stereocenters. The molecule has 0 aliphatic heterocycles. The molecule has 0 unspecified atom stereocenters. The van der Waals surface area contributed by atoms with E-state index in [-0.39, 0.29) is 0 Å². The first-order valence-corrected chi connectivity index (χ1v) is 8.69. The summed E-state index contributed by atoms with van der Waals surface area (Å²) < 4.78 is 41.0. The molecule has 0 radical (unpaired) electrons. The van der Waals surface area contributed by atoms with Crippen LogP contribution in [0.2, 0.25) is 0 Å². The van der Waals surface area contributed by atoms with Crippen molar-refractivity contribution < 1.29 is 21.3 Å². The second kappa shape index (κ2) is 6.30. The van der Waals surface area contributed by atoms with Crippen LogP contribution in [0.5, 0.6) is 0 Å². The van der Waals surface area contributed by atoms with E-state index in [0.717, 1.165) is 18.6 Å². The van der Waals surface area contributed by atoms with Crippen molar-refractivity contribution >= 4 is 32.6 Å². The van der Waals surface area contributed by atoms with E-state index >= 15 is 0 Å². The first kappa shape index (κ1) is 16.5. The predicted molar refractivity (Wildman–Crippen MR) is 90.3 cm³/mol. The van der Waals surface area contributed by atoms with E-state index in [1.165, 1.54) is 33.0 Å². The fourth-order valence-electron chi connectivity index (χ4n) is 3.22. The van der Waals surface area contributed by atoms with Gasteiger partial charge < -0.3 is 4.55 Å². The van der Waals surface area contributed by atoms with E-state index in [1.54, 1.807) is 7.11 Å². The number of halogens is 1. The van der Waals surface area contributed by atoms with Crippen LogP contribution < -0.4 is 0 Å². The predicted octanol–water partition coefficient (Wildman–Crippen LogP) is 3.72. The Morgan fingerprint density at radius 3 is 2.58 bits per heavy atom. The van der Waals surface area contributed by atoms with Crippen molar-refractivity contribution in [3.05, 3.63) is 65.3 Å². The summed E-state index contributed by atoms with van der Waals surface area (Å²) in [6, 6.07) is 13.0. The van der Waals surface area contributed by atoms with Crippen LogP contribution in [0.3, 0.4) is 0 Å². The molecule has 4 nitrogen and oxygen atoms in total. The van der Waals surface area contributed by atoms with E-state index in [4.69, 9.17) is 17.4 Å². The van der Waals surface area contributed by atoms with Gasteiger partial charge in [-0.05, 0) is 40.3 Å². The molecular weight excluding hydrogens is 331 g/mol. The zero-order valence-corrected chi connectivity index (χ0v) is 13.8. The van der Waals surface area contributed by atoms with Crippen molar-refractivity contribution in [1.29, 1.82) is 0 Å². The molecule has 0 saturated carbocycles. The van der Waals surface area contributed by atoms with Gasteiger partial charge in [0.1, 0.15) is 0 Å². The maximum atomic E-state index is 10.1. The number of ketones is 1. The lowest BCUT2D eigenvalue weighted by Gasteiger charge is -2.16. The Morgan fingerprint density at radius 1 is 1.17 bits per heavy atom. The van der Waals surface area contributed by atoms with E-state index < -0.39 is 10.5 Å². The van der Waals surface area contributed by atoms with Crippen LogP contribution in [0.1, 0.15) is 28.4 Å². The van der Waals surface area contributed by atoms with Gasteiger partial charge in [0.25, 0.3) is 17.6 Å². The monoisotopic (exact) mass is 346 g/mol. The molecule has 0 bridgehead atoms. The Bertz CT molecular complexity index is 993. The molecule has 0 fully saturated rings. The van der Waals surface area contributed by atoms with Crippen LogP contribution in [0.15, 0.2) is 54.1 Å². The fraction of sp³-hybridized carbons (Fsp3) is 0.167. The summed E-state index contributed by atoms with van der Waals surface area (Å²) in [5.41, 5.74) is 5.39. The smallest absolute Gasteiger partial charge is 0.351 e. The van der Waals surface area contributed by atoms with E-state index in [1.807, 2.05) is 0 Å². The highest BCUT2D eigenvalue weighted by atomic mass is 32.3. The zero-order valence-electron chi connectivity index (χ0n) is 13.0. The molecule has 0 amide bonds. The number of carbonyl (C=O) groups excluding carboxylic acids is 1. The molecule has 0 saturated heterocycles. The Labute approximate surface area is 139 Å². The van der Waals surface area contributed by atoms with Crippen LogP contribution in [-0.4, -0.2) is 25.9 Å². The molecule has 4 rings (SSSR count). The fourth-order valence-corrected chi connectivity index (χ4v) is 3.22. The lowest BCUT2D eigenvalue weighted by molar-refractivity contribution is -0.222. The van der Waals surface area contributed by atoms with Crippen LogP contribution in [0.4, 0.5) is 3.89 Å². The highest BCUT2D eigenvalue weighted by molar-refractivity contribution is 7.80. The van der Waals surface area contributed by atoms with Gasteiger partial charge in [0.2, 0.25) is 0 Å². The number of benzene rings is 2. The summed E-state index contributed by atoms with van der Waals surface area (Å²) in [5, 5.41) is 2.55. The first-order valence-electron chi connectivity index (χ1n) is 7.38. The second-order valence-electron chi connectivity index (χ2n) is 5.50. The third-order valence-electron chi connectivity index (χ3n) is 4.10. The summed E-state index contributed by atoms with van der Waals surface area (Å²) in [5.74, 6) is 1.00. The summed E-state index contributed by atoms with van der Waals surface area (Å²) in [6.07, 6.45) is 6.85. The van der Waals surface area contributed by atoms with Crippen molar-refractivity contribution in [2.24, 2.45) is 0 Å². The Hall–Kier alpha value is -2.31. The minimum Gasteiger partial charge on any atom is -0.722 e. The van der Waals surface area contributed by atoms with Crippen molar-refractivity contribution in [1.82, 2.24) is 0 Å². The maximum absolute atomic E-state index is 10.1. The highest BCUT2D eigenvalue weighted by Gasteiger charge is 2.30. The number of fused-ring (bicyclic) bond motifs is 5. The van der Waals surface area contributed by atoms with Crippen molar-refractivity contribution in [2.75, 3.05) is 7.11 Å². The van der Waals surface area contributed by atoms with Crippen LogP contribution in [0, 0.1) is 0 Å². The number of allylic oxidation sites excluding steroid dienone is 4. The van der Waals surface area contributed by atoms with Crippen LogP contribution in [0.25, 0.3) is 16.3 Å². The lowest BCUT2D eigenvalue weighted by atomic mass is 9.84. The number of rotatable bonds is 0.